The van der Waals surface area contributed by atoms with Crippen molar-refractivity contribution in [1.29, 1.82) is 0 Å². The Morgan fingerprint density at radius 3 is 2.39 bits per heavy atom. The second-order valence-corrected chi connectivity index (χ2v) is 7.19. The Bertz CT molecular complexity index is 1420. The summed E-state index contributed by atoms with van der Waals surface area (Å²) in [5, 5.41) is 50.5. The number of fused-ring (bicyclic) bond motifs is 1. The van der Waals surface area contributed by atoms with Gasteiger partial charge in [-0.2, -0.15) is 0 Å². The molecule has 2 aromatic heterocycles. The maximum atomic E-state index is 13.0. The van der Waals surface area contributed by atoms with Gasteiger partial charge in [0.2, 0.25) is 11.2 Å². The number of ether oxygens (including phenoxy) is 1. The molecule has 4 aromatic rings. The number of hydrogen-bond donors (Lipinski definition) is 5. The summed E-state index contributed by atoms with van der Waals surface area (Å²) in [4.78, 5) is 25.1. The second-order valence-electron chi connectivity index (χ2n) is 7.19. The van der Waals surface area contributed by atoms with Crippen LogP contribution in [0.2, 0.25) is 0 Å². The van der Waals surface area contributed by atoms with Crippen LogP contribution in [-0.2, 0) is 9.53 Å². The van der Waals surface area contributed by atoms with Crippen molar-refractivity contribution in [2.24, 2.45) is 0 Å². The number of benzene rings is 2. The minimum atomic E-state index is -1.02. The molecule has 10 nitrogen and oxygen atoms in total. The summed E-state index contributed by atoms with van der Waals surface area (Å²) in [6, 6.07) is 7.46. The fourth-order valence-electron chi connectivity index (χ4n) is 3.63. The number of esters is 1. The molecule has 0 aliphatic rings. The van der Waals surface area contributed by atoms with Crippen molar-refractivity contribution in [2.45, 2.75) is 12.3 Å². The SMILES string of the molecule is COC(=O)C[C@@H](c1ccco1)c1c(O)cc(O)c2c(=O)c(O)c(-c3ccc(O)c(O)c3)oc12. The highest BCUT2D eigenvalue weighted by Gasteiger charge is 2.31. The summed E-state index contributed by atoms with van der Waals surface area (Å²) in [6.07, 6.45) is 1.04. The predicted molar refractivity (Wildman–Crippen MR) is 113 cm³/mol. The molecule has 4 rings (SSSR count). The molecule has 33 heavy (non-hydrogen) atoms. The normalized spacial score (nSPS) is 12.0. The highest BCUT2D eigenvalue weighted by molar-refractivity contribution is 5.92. The zero-order valence-electron chi connectivity index (χ0n) is 17.1. The van der Waals surface area contributed by atoms with E-state index in [-0.39, 0.29) is 28.9 Å². The minimum absolute atomic E-state index is 0.0260. The fraction of sp³-hybridized carbons (Fsp3) is 0.130. The first-order valence-electron chi connectivity index (χ1n) is 9.60. The van der Waals surface area contributed by atoms with E-state index >= 15 is 0 Å². The molecular weight excluding hydrogens is 436 g/mol. The number of carbonyl (C=O) groups is 1. The fourth-order valence-corrected chi connectivity index (χ4v) is 3.63. The third-order valence-electron chi connectivity index (χ3n) is 5.21. The first kappa shape index (κ1) is 21.6. The number of phenolic OH excluding ortho intramolecular Hbond substituents is 4. The van der Waals surface area contributed by atoms with Crippen LogP contribution in [0.25, 0.3) is 22.3 Å². The van der Waals surface area contributed by atoms with E-state index in [1.807, 2.05) is 0 Å². The van der Waals surface area contributed by atoms with Crippen LogP contribution >= 0.6 is 0 Å². The minimum Gasteiger partial charge on any atom is -0.507 e. The molecule has 1 atom stereocenters. The first-order chi connectivity index (χ1) is 15.7. The molecule has 2 heterocycles. The number of rotatable bonds is 5. The van der Waals surface area contributed by atoms with E-state index in [9.17, 15) is 35.1 Å². The summed E-state index contributed by atoms with van der Waals surface area (Å²) in [5.74, 6) is -4.80. The van der Waals surface area contributed by atoms with E-state index in [0.29, 0.717) is 0 Å². The Morgan fingerprint density at radius 1 is 1.00 bits per heavy atom. The molecule has 0 saturated heterocycles. The number of furan rings is 1. The highest BCUT2D eigenvalue weighted by atomic mass is 16.5. The summed E-state index contributed by atoms with van der Waals surface area (Å²) >= 11 is 0. The molecule has 0 unspecified atom stereocenters. The molecule has 5 N–H and O–H groups in total. The van der Waals surface area contributed by atoms with Crippen LogP contribution in [0.15, 0.2) is 56.3 Å². The molecule has 0 spiro atoms. The van der Waals surface area contributed by atoms with E-state index in [2.05, 4.69) is 0 Å². The second kappa shape index (κ2) is 8.15. The first-order valence-corrected chi connectivity index (χ1v) is 9.60. The van der Waals surface area contributed by atoms with Gasteiger partial charge in [0.05, 0.1) is 25.7 Å². The maximum Gasteiger partial charge on any atom is 0.306 e. The van der Waals surface area contributed by atoms with Gasteiger partial charge in [0.1, 0.15) is 28.2 Å². The summed E-state index contributed by atoms with van der Waals surface area (Å²) in [5.41, 5.74) is -1.38. The molecule has 0 fully saturated rings. The average molecular weight is 454 g/mol. The Morgan fingerprint density at radius 2 is 1.76 bits per heavy atom. The van der Waals surface area contributed by atoms with Gasteiger partial charge in [-0.15, -0.1) is 0 Å². The lowest BCUT2D eigenvalue weighted by molar-refractivity contribution is -0.140. The Balaban J connectivity index is 2.08. The van der Waals surface area contributed by atoms with Crippen LogP contribution in [0.5, 0.6) is 28.7 Å². The Labute approximate surface area is 185 Å². The molecule has 0 saturated carbocycles. The van der Waals surface area contributed by atoms with E-state index in [1.54, 1.807) is 12.1 Å². The molecule has 0 bridgehead atoms. The summed E-state index contributed by atoms with van der Waals surface area (Å²) < 4.78 is 15.9. The number of phenols is 4. The molecule has 170 valence electrons. The van der Waals surface area contributed by atoms with Gasteiger partial charge >= 0.3 is 5.97 Å². The zero-order chi connectivity index (χ0) is 23.9. The molecule has 0 aliphatic heterocycles. The van der Waals surface area contributed by atoms with Crippen LogP contribution in [0, 0.1) is 0 Å². The van der Waals surface area contributed by atoms with Crippen molar-refractivity contribution >= 4 is 16.9 Å². The predicted octanol–water partition coefficient (Wildman–Crippen LogP) is 3.28. The highest BCUT2D eigenvalue weighted by Crippen LogP contribution is 2.45. The van der Waals surface area contributed by atoms with Crippen LogP contribution in [0.4, 0.5) is 0 Å². The van der Waals surface area contributed by atoms with E-state index < -0.39 is 57.2 Å². The molecule has 0 aliphatic carbocycles. The average Bonchev–Trinajstić information content (AvgIpc) is 3.31. The van der Waals surface area contributed by atoms with Crippen molar-refractivity contribution in [3.05, 3.63) is 64.2 Å². The van der Waals surface area contributed by atoms with Crippen LogP contribution < -0.4 is 5.43 Å². The van der Waals surface area contributed by atoms with Gasteiger partial charge in [0.25, 0.3) is 0 Å². The lowest BCUT2D eigenvalue weighted by Gasteiger charge is -2.18. The van der Waals surface area contributed by atoms with Crippen molar-refractivity contribution < 1.29 is 43.9 Å². The smallest absolute Gasteiger partial charge is 0.306 e. The number of carbonyl (C=O) groups excluding carboxylic acids is 1. The molecule has 2 aromatic carbocycles. The number of hydrogen-bond acceptors (Lipinski definition) is 10. The van der Waals surface area contributed by atoms with Gasteiger partial charge in [-0.1, -0.05) is 0 Å². The van der Waals surface area contributed by atoms with Crippen LogP contribution in [0.3, 0.4) is 0 Å². The van der Waals surface area contributed by atoms with Gasteiger partial charge in [-0.25, -0.2) is 0 Å². The third-order valence-corrected chi connectivity index (χ3v) is 5.21. The van der Waals surface area contributed by atoms with Crippen LogP contribution in [-0.4, -0.2) is 38.6 Å². The lowest BCUT2D eigenvalue weighted by atomic mass is 9.90. The maximum absolute atomic E-state index is 13.0. The van der Waals surface area contributed by atoms with E-state index in [4.69, 9.17) is 13.6 Å². The largest absolute Gasteiger partial charge is 0.507 e. The van der Waals surface area contributed by atoms with Gasteiger partial charge in [-0.3, -0.25) is 9.59 Å². The zero-order valence-corrected chi connectivity index (χ0v) is 17.1. The topological polar surface area (TPSA) is 171 Å². The van der Waals surface area contributed by atoms with E-state index in [0.717, 1.165) is 18.2 Å². The number of aromatic hydroxyl groups is 5. The molecule has 10 heteroatoms. The quantitative estimate of drug-likeness (QED) is 0.223. The summed E-state index contributed by atoms with van der Waals surface area (Å²) in [6.45, 7) is 0. The molecular formula is C23H18O10. The number of methoxy groups -OCH3 is 1. The van der Waals surface area contributed by atoms with Gasteiger partial charge in [0, 0.05) is 17.2 Å². The van der Waals surface area contributed by atoms with Crippen molar-refractivity contribution in [3.63, 3.8) is 0 Å². The van der Waals surface area contributed by atoms with Gasteiger partial charge in [0.15, 0.2) is 17.3 Å². The van der Waals surface area contributed by atoms with Crippen LogP contribution in [0.1, 0.15) is 23.7 Å². The third kappa shape index (κ3) is 3.67. The Hall–Kier alpha value is -4.60. The van der Waals surface area contributed by atoms with E-state index in [1.165, 1.54) is 19.4 Å². The van der Waals surface area contributed by atoms with Crippen molar-refractivity contribution in [1.82, 2.24) is 0 Å². The monoisotopic (exact) mass is 454 g/mol. The van der Waals surface area contributed by atoms with Crippen molar-refractivity contribution in [2.75, 3.05) is 7.11 Å². The standard InChI is InChI=1S/C23H18O10/c1-31-17(28)8-11(16-3-2-6-32-16)18-14(26)9-15(27)19-20(29)21(30)22(33-23(18)19)10-4-5-12(24)13(25)7-10/h2-7,9,11,24-27,30H,8H2,1H3/t11-/m0/s1. The molecule has 0 radical (unpaired) electrons. The Kier molecular flexibility index (Phi) is 5.34. The van der Waals surface area contributed by atoms with Gasteiger partial charge < -0.3 is 39.1 Å². The summed E-state index contributed by atoms with van der Waals surface area (Å²) in [7, 11) is 1.18. The molecule has 0 amide bonds. The lowest BCUT2D eigenvalue weighted by Crippen LogP contribution is -2.12. The van der Waals surface area contributed by atoms with Crippen molar-refractivity contribution in [3.8, 4) is 40.1 Å². The van der Waals surface area contributed by atoms with Gasteiger partial charge in [-0.05, 0) is 30.3 Å².